The molecule has 0 fully saturated rings. The molecule has 0 heterocycles. The van der Waals surface area contributed by atoms with Gasteiger partial charge in [0.15, 0.2) is 5.78 Å². The van der Waals surface area contributed by atoms with Crippen LogP contribution in [0.1, 0.15) is 20.3 Å². The first-order chi connectivity index (χ1) is 4.22. The van der Waals surface area contributed by atoms with E-state index in [1.807, 2.05) is 19.1 Å². The lowest BCUT2D eigenvalue weighted by Crippen LogP contribution is -1.94. The first-order valence-electron chi connectivity index (χ1n) is 3.09. The number of hydrogen-bond donors (Lipinski definition) is 0. The number of Topliss-reactive ketones (excluding diaryl/α,β-unsaturated/α-hetero) is 1. The molecule has 0 spiro atoms. The van der Waals surface area contributed by atoms with Crippen LogP contribution >= 0.6 is 0 Å². The highest BCUT2D eigenvalue weighted by atomic mass is 16.1. The molecular formula is C8H10O. The number of allylic oxidation sites excluding steroid dienone is 4. The van der Waals surface area contributed by atoms with Gasteiger partial charge in [0, 0.05) is 5.57 Å². The van der Waals surface area contributed by atoms with Crippen LogP contribution in [0.2, 0.25) is 0 Å². The molecule has 1 rings (SSSR count). The summed E-state index contributed by atoms with van der Waals surface area (Å²) in [5.74, 6) is 0.206. The van der Waals surface area contributed by atoms with E-state index in [4.69, 9.17) is 0 Å². The van der Waals surface area contributed by atoms with Crippen molar-refractivity contribution in [1.82, 2.24) is 0 Å². The molecule has 0 bridgehead atoms. The van der Waals surface area contributed by atoms with Gasteiger partial charge in [-0.25, -0.2) is 0 Å². The maximum absolute atomic E-state index is 10.8. The van der Waals surface area contributed by atoms with Crippen LogP contribution in [0.25, 0.3) is 0 Å². The van der Waals surface area contributed by atoms with Crippen molar-refractivity contribution in [3.8, 4) is 0 Å². The number of ketones is 1. The minimum Gasteiger partial charge on any atom is -0.295 e. The molecule has 1 heteroatoms. The lowest BCUT2D eigenvalue weighted by atomic mass is 10.1. The summed E-state index contributed by atoms with van der Waals surface area (Å²) in [6, 6.07) is 0. The van der Waals surface area contributed by atoms with Crippen LogP contribution in [0.15, 0.2) is 23.3 Å². The minimum absolute atomic E-state index is 0.206. The fourth-order valence-corrected chi connectivity index (χ4v) is 1.04. The highest BCUT2D eigenvalue weighted by molar-refractivity contribution is 5.95. The van der Waals surface area contributed by atoms with Gasteiger partial charge in [-0.05, 0) is 25.8 Å². The highest BCUT2D eigenvalue weighted by Gasteiger charge is 2.08. The summed E-state index contributed by atoms with van der Waals surface area (Å²) in [6.07, 6.45) is 4.85. The summed E-state index contributed by atoms with van der Waals surface area (Å²) in [5, 5.41) is 0. The summed E-state index contributed by atoms with van der Waals surface area (Å²) in [5.41, 5.74) is 2.09. The molecule has 0 aromatic heterocycles. The molecule has 9 heavy (non-hydrogen) atoms. The van der Waals surface area contributed by atoms with Crippen LogP contribution < -0.4 is 0 Å². The Kier molecular flexibility index (Phi) is 1.52. The zero-order chi connectivity index (χ0) is 6.85. The van der Waals surface area contributed by atoms with Crippen LogP contribution in [0.3, 0.4) is 0 Å². The van der Waals surface area contributed by atoms with Gasteiger partial charge in [-0.1, -0.05) is 12.2 Å². The highest BCUT2D eigenvalue weighted by Crippen LogP contribution is 2.18. The van der Waals surface area contributed by atoms with Crippen molar-refractivity contribution >= 4 is 5.78 Å². The molecule has 1 nitrogen and oxygen atoms in total. The topological polar surface area (TPSA) is 17.1 Å². The Morgan fingerprint density at radius 1 is 1.67 bits per heavy atom. The molecular weight excluding hydrogens is 112 g/mol. The Morgan fingerprint density at radius 3 is 2.56 bits per heavy atom. The van der Waals surface area contributed by atoms with Crippen LogP contribution in [0.5, 0.6) is 0 Å². The van der Waals surface area contributed by atoms with Crippen molar-refractivity contribution in [3.05, 3.63) is 23.3 Å². The van der Waals surface area contributed by atoms with E-state index in [1.54, 1.807) is 6.92 Å². The number of carbonyl (C=O) groups excluding carboxylic acids is 1. The first-order valence-corrected chi connectivity index (χ1v) is 3.09. The monoisotopic (exact) mass is 122 g/mol. The largest absolute Gasteiger partial charge is 0.295 e. The quantitative estimate of drug-likeness (QED) is 0.518. The molecule has 0 saturated heterocycles. The van der Waals surface area contributed by atoms with Crippen molar-refractivity contribution in [1.29, 1.82) is 0 Å². The smallest absolute Gasteiger partial charge is 0.156 e. The van der Waals surface area contributed by atoms with E-state index in [2.05, 4.69) is 0 Å². The number of rotatable bonds is 1. The van der Waals surface area contributed by atoms with Crippen LogP contribution in [0, 0.1) is 0 Å². The zero-order valence-corrected chi connectivity index (χ0v) is 5.77. The van der Waals surface area contributed by atoms with Gasteiger partial charge in [-0.2, -0.15) is 0 Å². The second-order valence-electron chi connectivity index (χ2n) is 2.32. The molecule has 0 saturated carbocycles. The lowest BCUT2D eigenvalue weighted by molar-refractivity contribution is -0.113. The maximum atomic E-state index is 10.8. The fourth-order valence-electron chi connectivity index (χ4n) is 1.04. The predicted molar refractivity (Wildman–Crippen MR) is 37.1 cm³/mol. The Hall–Kier alpha value is -0.850. The van der Waals surface area contributed by atoms with Gasteiger partial charge in [-0.15, -0.1) is 0 Å². The SMILES string of the molecule is CC(=O)C1=C(C)C=CC1. The standard InChI is InChI=1S/C8H10O/c1-6-4-3-5-8(6)7(2)9/h3-4H,5H2,1-2H3. The molecule has 48 valence electrons. The third-order valence-electron chi connectivity index (χ3n) is 1.59. The summed E-state index contributed by atoms with van der Waals surface area (Å²) in [4.78, 5) is 10.8. The van der Waals surface area contributed by atoms with Crippen molar-refractivity contribution in [2.24, 2.45) is 0 Å². The van der Waals surface area contributed by atoms with Crippen molar-refractivity contribution < 1.29 is 4.79 Å². The van der Waals surface area contributed by atoms with Gasteiger partial charge < -0.3 is 0 Å². The predicted octanol–water partition coefficient (Wildman–Crippen LogP) is 1.85. The van der Waals surface area contributed by atoms with Gasteiger partial charge >= 0.3 is 0 Å². The Balaban J connectivity index is 2.85. The molecule has 0 N–H and O–H groups in total. The van der Waals surface area contributed by atoms with Gasteiger partial charge in [0.1, 0.15) is 0 Å². The van der Waals surface area contributed by atoms with E-state index >= 15 is 0 Å². The van der Waals surface area contributed by atoms with E-state index in [1.165, 1.54) is 0 Å². The van der Waals surface area contributed by atoms with Gasteiger partial charge in [0.05, 0.1) is 0 Å². The fraction of sp³-hybridized carbons (Fsp3) is 0.375. The van der Waals surface area contributed by atoms with E-state index in [0.29, 0.717) is 0 Å². The third-order valence-corrected chi connectivity index (χ3v) is 1.59. The molecule has 0 unspecified atom stereocenters. The summed E-state index contributed by atoms with van der Waals surface area (Å²) < 4.78 is 0. The molecule has 0 aromatic carbocycles. The maximum Gasteiger partial charge on any atom is 0.156 e. The number of hydrogen-bond acceptors (Lipinski definition) is 1. The average molecular weight is 122 g/mol. The average Bonchev–Trinajstić information content (AvgIpc) is 2.13. The van der Waals surface area contributed by atoms with E-state index in [-0.39, 0.29) is 5.78 Å². The third kappa shape index (κ3) is 1.10. The number of carbonyl (C=O) groups is 1. The summed E-state index contributed by atoms with van der Waals surface area (Å²) >= 11 is 0. The van der Waals surface area contributed by atoms with Gasteiger partial charge in [0.2, 0.25) is 0 Å². The van der Waals surface area contributed by atoms with Crippen LogP contribution in [-0.4, -0.2) is 5.78 Å². The summed E-state index contributed by atoms with van der Waals surface area (Å²) in [7, 11) is 0. The van der Waals surface area contributed by atoms with Crippen LogP contribution in [-0.2, 0) is 4.79 Å². The van der Waals surface area contributed by atoms with E-state index < -0.39 is 0 Å². The van der Waals surface area contributed by atoms with Crippen molar-refractivity contribution in [2.75, 3.05) is 0 Å². The molecule has 0 radical (unpaired) electrons. The van der Waals surface area contributed by atoms with Crippen LogP contribution in [0.4, 0.5) is 0 Å². The first kappa shape index (κ1) is 6.27. The molecule has 0 atom stereocenters. The second-order valence-corrected chi connectivity index (χ2v) is 2.32. The van der Waals surface area contributed by atoms with Gasteiger partial charge in [-0.3, -0.25) is 4.79 Å². The Bertz CT molecular complexity index is 197. The van der Waals surface area contributed by atoms with Gasteiger partial charge in [0.25, 0.3) is 0 Å². The Morgan fingerprint density at radius 2 is 2.33 bits per heavy atom. The molecule has 1 aliphatic rings. The normalized spacial score (nSPS) is 17.1. The Labute approximate surface area is 55.1 Å². The minimum atomic E-state index is 0.206. The van der Waals surface area contributed by atoms with Crippen molar-refractivity contribution in [2.45, 2.75) is 20.3 Å². The van der Waals surface area contributed by atoms with Crippen molar-refractivity contribution in [3.63, 3.8) is 0 Å². The molecule has 0 aromatic rings. The summed E-state index contributed by atoms with van der Waals surface area (Å²) in [6.45, 7) is 3.59. The van der Waals surface area contributed by atoms with E-state index in [9.17, 15) is 4.79 Å². The zero-order valence-electron chi connectivity index (χ0n) is 5.77. The molecule has 0 amide bonds. The molecule has 1 aliphatic carbocycles. The lowest BCUT2D eigenvalue weighted by Gasteiger charge is -1.94. The second kappa shape index (κ2) is 2.18. The molecule has 0 aliphatic heterocycles. The van der Waals surface area contributed by atoms with E-state index in [0.717, 1.165) is 17.6 Å².